The topological polar surface area (TPSA) is 43.4 Å². The number of ether oxygens (including phenoxy) is 1. The van der Waals surface area contributed by atoms with Gasteiger partial charge in [-0.3, -0.25) is 9.59 Å². The van der Waals surface area contributed by atoms with E-state index in [0.29, 0.717) is 22.9 Å². The quantitative estimate of drug-likeness (QED) is 0.567. The van der Waals surface area contributed by atoms with Gasteiger partial charge in [0.15, 0.2) is 0 Å². The van der Waals surface area contributed by atoms with Crippen molar-refractivity contribution >= 4 is 11.8 Å². The molecule has 0 aromatic rings. The maximum absolute atomic E-state index is 10.4. The van der Waals surface area contributed by atoms with Crippen LogP contribution in [0.1, 0.15) is 48.0 Å². The molecular formula is C12H24O3V. The van der Waals surface area contributed by atoms with Gasteiger partial charge in [0.05, 0.1) is 6.61 Å². The molecule has 0 fully saturated rings. The number of carbonyl (C=O) groups is 2. The fourth-order valence-electron chi connectivity index (χ4n) is 1.01. The average molecular weight is 267 g/mol. The van der Waals surface area contributed by atoms with E-state index in [9.17, 15) is 9.59 Å². The van der Waals surface area contributed by atoms with E-state index in [1.807, 2.05) is 0 Å². The van der Waals surface area contributed by atoms with Gasteiger partial charge in [-0.1, -0.05) is 0 Å². The third-order valence-electron chi connectivity index (χ3n) is 1.29. The van der Waals surface area contributed by atoms with Crippen molar-refractivity contribution in [2.45, 2.75) is 57.2 Å². The van der Waals surface area contributed by atoms with Crippen molar-refractivity contribution in [1.29, 1.82) is 0 Å². The molecule has 4 heteroatoms. The van der Waals surface area contributed by atoms with Gasteiger partial charge in [-0.2, -0.15) is 0 Å². The van der Waals surface area contributed by atoms with E-state index in [0.717, 1.165) is 9.26 Å². The summed E-state index contributed by atoms with van der Waals surface area (Å²) in [5, 5.41) is 0. The summed E-state index contributed by atoms with van der Waals surface area (Å²) in [5.74, 6) is -0.599. The molecule has 0 spiro atoms. The molecule has 0 saturated carbocycles. The molecule has 95 valence electrons. The van der Waals surface area contributed by atoms with Gasteiger partial charge in [0.1, 0.15) is 12.2 Å². The van der Waals surface area contributed by atoms with E-state index < -0.39 is 5.97 Å². The van der Waals surface area contributed by atoms with Crippen molar-refractivity contribution < 1.29 is 30.6 Å². The average Bonchev–Trinajstić information content (AvgIpc) is 2.00. The summed E-state index contributed by atoms with van der Waals surface area (Å²) in [6.45, 7) is 12.6. The Morgan fingerprint density at radius 1 is 1.12 bits per heavy atom. The van der Waals surface area contributed by atoms with Crippen LogP contribution in [-0.4, -0.2) is 18.4 Å². The van der Waals surface area contributed by atoms with Gasteiger partial charge >= 0.3 is 59.2 Å². The molecule has 0 saturated heterocycles. The predicted octanol–water partition coefficient (Wildman–Crippen LogP) is 3.25. The van der Waals surface area contributed by atoms with E-state index in [-0.39, 0.29) is 12.2 Å². The second kappa shape index (κ2) is 11.2. The molecule has 0 aliphatic rings. The van der Waals surface area contributed by atoms with Gasteiger partial charge in [0.25, 0.3) is 0 Å². The first-order valence-electron chi connectivity index (χ1n) is 5.64. The zero-order valence-electron chi connectivity index (χ0n) is 11.2. The monoisotopic (exact) mass is 267 g/mol. The number of hydrogen-bond acceptors (Lipinski definition) is 3. The molecule has 3 nitrogen and oxygen atoms in total. The van der Waals surface area contributed by atoms with E-state index in [1.54, 1.807) is 6.92 Å². The summed E-state index contributed by atoms with van der Waals surface area (Å²) in [5.41, 5.74) is 0. The summed E-state index contributed by atoms with van der Waals surface area (Å²) < 4.78 is 6.43. The van der Waals surface area contributed by atoms with Crippen molar-refractivity contribution in [2.24, 2.45) is 0 Å². The normalized spacial score (nSPS) is 9.50. The molecule has 0 rings (SSSR count). The predicted molar refractivity (Wildman–Crippen MR) is 62.1 cm³/mol. The molecule has 0 N–H and O–H groups in total. The Kier molecular flexibility index (Phi) is 12.7. The fraction of sp³-hybridized carbons (Fsp3) is 0.833. The molecule has 0 atom stereocenters. The van der Waals surface area contributed by atoms with Crippen molar-refractivity contribution in [3.63, 3.8) is 0 Å². The summed E-state index contributed by atoms with van der Waals surface area (Å²) in [6, 6.07) is 0. The zero-order chi connectivity index (χ0) is 13.1. The molecule has 0 bridgehead atoms. The van der Waals surface area contributed by atoms with Crippen molar-refractivity contribution in [3.05, 3.63) is 0 Å². The summed E-state index contributed by atoms with van der Waals surface area (Å²) in [7, 11) is 0. The van der Waals surface area contributed by atoms with Crippen molar-refractivity contribution in [3.8, 4) is 0 Å². The molecule has 0 amide bonds. The Labute approximate surface area is 106 Å². The standard InChI is InChI=1S/C6H10O3.2C3H7.V/c1-3-9-6(8)4-5(2)7;2*1-3-2;/h3-4H2,1-2H3;2*3H,1-2H3;. The van der Waals surface area contributed by atoms with E-state index >= 15 is 0 Å². The Morgan fingerprint density at radius 3 is 1.75 bits per heavy atom. The van der Waals surface area contributed by atoms with Crippen LogP contribution in [0, 0.1) is 0 Å². The van der Waals surface area contributed by atoms with Crippen molar-refractivity contribution in [1.82, 2.24) is 0 Å². The number of carbonyl (C=O) groups excluding carboxylic acids is 2. The van der Waals surface area contributed by atoms with Gasteiger partial charge in [-0.05, 0) is 13.8 Å². The third-order valence-corrected chi connectivity index (χ3v) is 3.16. The Hall–Kier alpha value is -0.276. The number of hydrogen-bond donors (Lipinski definition) is 0. The molecule has 0 aliphatic carbocycles. The Bertz CT molecular complexity index is 194. The second-order valence-corrected chi connectivity index (χ2v) is 7.71. The summed E-state index contributed by atoms with van der Waals surface area (Å²) in [6.07, 6.45) is -0.103. The summed E-state index contributed by atoms with van der Waals surface area (Å²) >= 11 is 0.632. The Balaban J connectivity index is 0. The van der Waals surface area contributed by atoms with Crippen molar-refractivity contribution in [2.75, 3.05) is 6.61 Å². The van der Waals surface area contributed by atoms with Gasteiger partial charge in [0.2, 0.25) is 0 Å². The molecule has 16 heavy (non-hydrogen) atoms. The van der Waals surface area contributed by atoms with E-state index in [2.05, 4.69) is 32.4 Å². The van der Waals surface area contributed by atoms with Crippen LogP contribution in [-0.2, 0) is 30.6 Å². The van der Waals surface area contributed by atoms with Crippen LogP contribution in [0.15, 0.2) is 0 Å². The van der Waals surface area contributed by atoms with Crippen LogP contribution < -0.4 is 0 Å². The van der Waals surface area contributed by atoms with E-state index in [4.69, 9.17) is 0 Å². The SMILES string of the molecule is CCOC(=O)CC(C)=O.C[CH](C)[V][CH](C)C. The third kappa shape index (κ3) is 19.3. The van der Waals surface area contributed by atoms with E-state index in [1.165, 1.54) is 6.92 Å². The molecule has 0 aromatic carbocycles. The first-order chi connectivity index (χ1) is 7.29. The van der Waals surface area contributed by atoms with Crippen LogP contribution in [0.4, 0.5) is 0 Å². The van der Waals surface area contributed by atoms with Crippen LogP contribution in [0.3, 0.4) is 0 Å². The minimum atomic E-state index is -0.440. The fourth-order valence-corrected chi connectivity index (χ4v) is 2.87. The number of ketones is 1. The van der Waals surface area contributed by atoms with Gasteiger partial charge < -0.3 is 4.74 Å². The number of esters is 1. The molecular weight excluding hydrogens is 243 g/mol. The maximum atomic E-state index is 10.4. The first kappa shape index (κ1) is 18.1. The van der Waals surface area contributed by atoms with Gasteiger partial charge in [-0.25, -0.2) is 0 Å². The van der Waals surface area contributed by atoms with Crippen LogP contribution in [0.25, 0.3) is 0 Å². The zero-order valence-corrected chi connectivity index (χ0v) is 12.6. The number of Topliss-reactive ketones (excluding diaryl/α,β-unsaturated/α-hetero) is 1. The summed E-state index contributed by atoms with van der Waals surface area (Å²) in [4.78, 5) is 20.6. The number of rotatable bonds is 5. The second-order valence-electron chi connectivity index (χ2n) is 4.02. The molecule has 0 aromatic heterocycles. The van der Waals surface area contributed by atoms with Gasteiger partial charge in [0, 0.05) is 0 Å². The van der Waals surface area contributed by atoms with Crippen LogP contribution >= 0.6 is 0 Å². The van der Waals surface area contributed by atoms with Crippen LogP contribution in [0.2, 0.25) is 9.26 Å². The molecule has 0 unspecified atom stereocenters. The first-order valence-corrected chi connectivity index (χ1v) is 7.25. The van der Waals surface area contributed by atoms with Crippen LogP contribution in [0.5, 0.6) is 0 Å². The molecule has 0 heterocycles. The molecule has 0 radical (unpaired) electrons. The Morgan fingerprint density at radius 2 is 1.56 bits per heavy atom. The minimum absolute atomic E-state index is 0.103. The molecule has 0 aliphatic heterocycles. The van der Waals surface area contributed by atoms with Gasteiger partial charge in [-0.15, -0.1) is 0 Å².